The molecular weight excluding hydrogens is 277 g/mol. The van der Waals surface area contributed by atoms with Crippen LogP contribution in [0, 0.1) is 0 Å². The Labute approximate surface area is 103 Å². The summed E-state index contributed by atoms with van der Waals surface area (Å²) in [6.45, 7) is 0. The normalized spacial score (nSPS) is 11.7. The van der Waals surface area contributed by atoms with E-state index in [1.54, 1.807) is 0 Å². The Morgan fingerprint density at radius 3 is 2.42 bits per heavy atom. The number of pyridine rings is 1. The van der Waals surface area contributed by atoms with E-state index in [9.17, 15) is 26.7 Å². The van der Waals surface area contributed by atoms with Gasteiger partial charge < -0.3 is 9.84 Å². The van der Waals surface area contributed by atoms with Crippen molar-refractivity contribution in [3.05, 3.63) is 23.0 Å². The molecule has 0 fully saturated rings. The molecule has 106 valence electrons. The maximum absolute atomic E-state index is 12.8. The number of rotatable bonds is 4. The van der Waals surface area contributed by atoms with Crippen LogP contribution < -0.4 is 4.74 Å². The molecule has 19 heavy (non-hydrogen) atoms. The van der Waals surface area contributed by atoms with Crippen LogP contribution in [-0.4, -0.2) is 23.2 Å². The van der Waals surface area contributed by atoms with Gasteiger partial charge in [0.25, 0.3) is 6.43 Å². The van der Waals surface area contributed by atoms with Crippen molar-refractivity contribution in [1.29, 1.82) is 0 Å². The quantitative estimate of drug-likeness (QED) is 0.864. The number of aliphatic carboxylic acids is 1. The van der Waals surface area contributed by atoms with Crippen LogP contribution in [0.2, 0.25) is 0 Å². The Morgan fingerprint density at radius 1 is 1.47 bits per heavy atom. The Hall–Kier alpha value is -1.93. The Balaban J connectivity index is 3.52. The van der Waals surface area contributed by atoms with Gasteiger partial charge in [-0.2, -0.15) is 13.2 Å². The molecule has 0 saturated carbocycles. The van der Waals surface area contributed by atoms with E-state index in [4.69, 9.17) is 5.11 Å². The summed E-state index contributed by atoms with van der Waals surface area (Å²) in [5.74, 6) is -2.28. The van der Waals surface area contributed by atoms with E-state index in [1.807, 2.05) is 0 Å². The summed E-state index contributed by atoms with van der Waals surface area (Å²) in [7, 11) is 0.869. The van der Waals surface area contributed by atoms with Crippen molar-refractivity contribution in [3.8, 4) is 5.75 Å². The second kappa shape index (κ2) is 5.37. The Morgan fingerprint density at radius 2 is 2.05 bits per heavy atom. The molecular formula is C10H8F5NO3. The predicted molar refractivity (Wildman–Crippen MR) is 52.1 cm³/mol. The maximum atomic E-state index is 12.8. The fraction of sp³-hybridized carbons (Fsp3) is 0.400. The van der Waals surface area contributed by atoms with E-state index >= 15 is 0 Å². The first-order chi connectivity index (χ1) is 8.68. The highest BCUT2D eigenvalue weighted by Crippen LogP contribution is 2.41. The maximum Gasteiger partial charge on any atom is 0.418 e. The topological polar surface area (TPSA) is 59.4 Å². The first-order valence-corrected chi connectivity index (χ1v) is 4.81. The molecule has 9 heteroatoms. The van der Waals surface area contributed by atoms with Gasteiger partial charge in [-0.3, -0.25) is 9.78 Å². The second-order valence-corrected chi connectivity index (χ2v) is 3.43. The molecule has 0 amide bonds. The number of aromatic nitrogens is 1. The largest absolute Gasteiger partial charge is 0.494 e. The highest BCUT2D eigenvalue weighted by Gasteiger charge is 2.39. The minimum absolute atomic E-state index is 0.183. The third-order valence-corrected chi connectivity index (χ3v) is 2.19. The number of carboxylic acid groups (broad SMARTS) is 1. The average molecular weight is 285 g/mol. The predicted octanol–water partition coefficient (Wildman–Crippen LogP) is 2.67. The molecule has 0 atom stereocenters. The lowest BCUT2D eigenvalue weighted by molar-refractivity contribution is -0.140. The number of methoxy groups -OCH3 is 1. The molecule has 1 N–H and O–H groups in total. The SMILES string of the molecule is COc1c(CC(=O)O)ncc(C(F)(F)F)c1C(F)F. The van der Waals surface area contributed by atoms with Gasteiger partial charge in [-0.25, -0.2) is 8.78 Å². The van der Waals surface area contributed by atoms with Crippen LogP contribution in [0.1, 0.15) is 23.2 Å². The molecule has 1 aromatic heterocycles. The molecule has 1 aromatic rings. The molecule has 0 saturated heterocycles. The highest BCUT2D eigenvalue weighted by atomic mass is 19.4. The van der Waals surface area contributed by atoms with Crippen molar-refractivity contribution in [2.24, 2.45) is 0 Å². The van der Waals surface area contributed by atoms with Crippen LogP contribution in [0.4, 0.5) is 22.0 Å². The number of carboxylic acids is 1. The van der Waals surface area contributed by atoms with E-state index in [2.05, 4.69) is 9.72 Å². The zero-order valence-electron chi connectivity index (χ0n) is 9.46. The van der Waals surface area contributed by atoms with Crippen molar-refractivity contribution in [2.45, 2.75) is 19.0 Å². The average Bonchev–Trinajstić information content (AvgIpc) is 2.25. The van der Waals surface area contributed by atoms with Gasteiger partial charge in [-0.1, -0.05) is 0 Å². The van der Waals surface area contributed by atoms with Gasteiger partial charge in [0.05, 0.1) is 30.4 Å². The van der Waals surface area contributed by atoms with E-state index in [0.717, 1.165) is 7.11 Å². The van der Waals surface area contributed by atoms with E-state index < -0.39 is 47.6 Å². The first kappa shape index (κ1) is 15.1. The van der Waals surface area contributed by atoms with Crippen molar-refractivity contribution in [2.75, 3.05) is 7.11 Å². The molecule has 4 nitrogen and oxygen atoms in total. The second-order valence-electron chi connectivity index (χ2n) is 3.43. The summed E-state index contributed by atoms with van der Waals surface area (Å²) >= 11 is 0. The molecule has 0 aliphatic heterocycles. The standard InChI is InChI=1S/C10H8F5NO3/c1-19-8-5(2-6(17)18)16-3-4(10(13,14)15)7(8)9(11)12/h3,9H,2H2,1H3,(H,17,18). The van der Waals surface area contributed by atoms with Crippen LogP contribution >= 0.6 is 0 Å². The minimum atomic E-state index is -5.03. The summed E-state index contributed by atoms with van der Waals surface area (Å²) in [5.41, 5.74) is -3.53. The number of ether oxygens (including phenoxy) is 1. The summed E-state index contributed by atoms with van der Waals surface area (Å²) in [6, 6.07) is 0. The zero-order valence-corrected chi connectivity index (χ0v) is 9.46. The van der Waals surface area contributed by atoms with E-state index in [0.29, 0.717) is 0 Å². The van der Waals surface area contributed by atoms with Crippen LogP contribution in [0.15, 0.2) is 6.20 Å². The smallest absolute Gasteiger partial charge is 0.418 e. The van der Waals surface area contributed by atoms with E-state index in [-0.39, 0.29) is 6.20 Å². The van der Waals surface area contributed by atoms with Gasteiger partial charge in [-0.05, 0) is 0 Å². The molecule has 0 unspecified atom stereocenters. The lowest BCUT2D eigenvalue weighted by atomic mass is 10.1. The molecule has 0 aromatic carbocycles. The molecule has 0 aliphatic carbocycles. The van der Waals surface area contributed by atoms with Crippen molar-refractivity contribution < 1.29 is 36.6 Å². The number of nitrogens with zero attached hydrogens (tertiary/aromatic N) is 1. The molecule has 0 spiro atoms. The summed E-state index contributed by atoms with van der Waals surface area (Å²) in [5, 5.41) is 8.54. The molecule has 0 radical (unpaired) electrons. The summed E-state index contributed by atoms with van der Waals surface area (Å²) < 4.78 is 67.7. The lowest BCUT2D eigenvalue weighted by Crippen LogP contribution is -2.15. The number of alkyl halides is 5. The molecule has 0 aliphatic rings. The van der Waals surface area contributed by atoms with Gasteiger partial charge in [0.1, 0.15) is 5.75 Å². The van der Waals surface area contributed by atoms with Crippen molar-refractivity contribution >= 4 is 5.97 Å². The first-order valence-electron chi connectivity index (χ1n) is 4.81. The molecule has 0 bridgehead atoms. The van der Waals surface area contributed by atoms with Crippen LogP contribution in [0.3, 0.4) is 0 Å². The van der Waals surface area contributed by atoms with Crippen LogP contribution in [0.25, 0.3) is 0 Å². The minimum Gasteiger partial charge on any atom is -0.494 e. The fourth-order valence-electron chi connectivity index (χ4n) is 1.49. The van der Waals surface area contributed by atoms with Crippen LogP contribution in [0.5, 0.6) is 5.75 Å². The highest BCUT2D eigenvalue weighted by molar-refractivity contribution is 5.71. The van der Waals surface area contributed by atoms with Gasteiger partial charge in [0, 0.05) is 6.20 Å². The van der Waals surface area contributed by atoms with E-state index in [1.165, 1.54) is 0 Å². The summed E-state index contributed by atoms with van der Waals surface area (Å²) in [4.78, 5) is 13.7. The number of hydrogen-bond acceptors (Lipinski definition) is 3. The number of hydrogen-bond donors (Lipinski definition) is 1. The Bertz CT molecular complexity index is 487. The third-order valence-electron chi connectivity index (χ3n) is 2.19. The molecule has 1 heterocycles. The van der Waals surface area contributed by atoms with Crippen molar-refractivity contribution in [1.82, 2.24) is 4.98 Å². The summed E-state index contributed by atoms with van der Waals surface area (Å²) in [6.07, 6.45) is -9.14. The monoisotopic (exact) mass is 285 g/mol. The molecule has 1 rings (SSSR count). The number of carbonyl (C=O) groups is 1. The van der Waals surface area contributed by atoms with Gasteiger partial charge in [0.15, 0.2) is 0 Å². The third kappa shape index (κ3) is 3.30. The Kier molecular flexibility index (Phi) is 4.28. The van der Waals surface area contributed by atoms with Gasteiger partial charge in [0.2, 0.25) is 0 Å². The number of halogens is 5. The fourth-order valence-corrected chi connectivity index (χ4v) is 1.49. The van der Waals surface area contributed by atoms with Gasteiger partial charge in [-0.15, -0.1) is 0 Å². The lowest BCUT2D eigenvalue weighted by Gasteiger charge is -2.17. The van der Waals surface area contributed by atoms with Crippen molar-refractivity contribution in [3.63, 3.8) is 0 Å². The zero-order chi connectivity index (χ0) is 14.8. The van der Waals surface area contributed by atoms with Gasteiger partial charge >= 0.3 is 12.1 Å². The van der Waals surface area contributed by atoms with Crippen LogP contribution in [-0.2, 0) is 17.4 Å².